The highest BCUT2D eigenvalue weighted by Crippen LogP contribution is 2.21. The van der Waals surface area contributed by atoms with E-state index in [9.17, 15) is 9.59 Å². The zero-order valence-corrected chi connectivity index (χ0v) is 17.4. The van der Waals surface area contributed by atoms with E-state index in [1.165, 1.54) is 0 Å². The van der Waals surface area contributed by atoms with Gasteiger partial charge in [0, 0.05) is 45.0 Å². The number of aromatic amines is 1. The average Bonchev–Trinajstić information content (AvgIpc) is 3.19. The number of benzene rings is 1. The zero-order chi connectivity index (χ0) is 20.9. The van der Waals surface area contributed by atoms with E-state index in [-0.39, 0.29) is 17.9 Å². The number of piperazine rings is 1. The van der Waals surface area contributed by atoms with Gasteiger partial charge in [-0.25, -0.2) is 9.78 Å². The van der Waals surface area contributed by atoms with Crippen LogP contribution in [-0.4, -0.2) is 81.1 Å². The van der Waals surface area contributed by atoms with Gasteiger partial charge in [-0.1, -0.05) is 18.2 Å². The van der Waals surface area contributed by atoms with Gasteiger partial charge in [0.15, 0.2) is 5.82 Å². The number of aromatic nitrogens is 3. The molecule has 2 aliphatic rings. The summed E-state index contributed by atoms with van der Waals surface area (Å²) in [7, 11) is 0. The number of nitrogens with one attached hydrogen (secondary N) is 2. The van der Waals surface area contributed by atoms with Gasteiger partial charge in [0.1, 0.15) is 5.82 Å². The van der Waals surface area contributed by atoms with Crippen molar-refractivity contribution in [2.75, 3.05) is 44.6 Å². The molecule has 1 aromatic carbocycles. The lowest BCUT2D eigenvalue weighted by Gasteiger charge is -2.38. The van der Waals surface area contributed by atoms with Crippen molar-refractivity contribution in [3.63, 3.8) is 0 Å². The molecule has 0 bridgehead atoms. The Kier molecular flexibility index (Phi) is 6.27. The summed E-state index contributed by atoms with van der Waals surface area (Å²) in [5.41, 5.74) is 0.772. The van der Waals surface area contributed by atoms with Crippen LogP contribution < -0.4 is 5.32 Å². The van der Waals surface area contributed by atoms with E-state index < -0.39 is 0 Å². The molecule has 3 amide bonds. The fourth-order valence-corrected chi connectivity index (χ4v) is 4.13. The van der Waals surface area contributed by atoms with Crippen molar-refractivity contribution in [2.45, 2.75) is 26.3 Å². The first-order valence-electron chi connectivity index (χ1n) is 10.6. The zero-order valence-electron chi connectivity index (χ0n) is 17.4. The minimum Gasteiger partial charge on any atom is -0.340 e. The molecule has 0 radical (unpaired) electrons. The molecule has 1 aromatic heterocycles. The number of carbonyl (C=O) groups is 2. The molecule has 2 saturated heterocycles. The van der Waals surface area contributed by atoms with E-state index in [1.54, 1.807) is 4.90 Å². The van der Waals surface area contributed by atoms with Gasteiger partial charge in [-0.05, 0) is 31.9 Å². The maximum atomic E-state index is 13.1. The summed E-state index contributed by atoms with van der Waals surface area (Å²) in [5.74, 6) is 1.65. The van der Waals surface area contributed by atoms with Crippen molar-refractivity contribution in [3.05, 3.63) is 42.0 Å². The van der Waals surface area contributed by atoms with Crippen LogP contribution in [0.3, 0.4) is 0 Å². The maximum Gasteiger partial charge on any atom is 0.321 e. The second-order valence-electron chi connectivity index (χ2n) is 8.02. The fourth-order valence-electron chi connectivity index (χ4n) is 4.13. The lowest BCUT2D eigenvalue weighted by atomic mass is 9.96. The van der Waals surface area contributed by atoms with E-state index in [0.717, 1.165) is 43.3 Å². The van der Waals surface area contributed by atoms with Gasteiger partial charge in [0.05, 0.1) is 12.5 Å². The SMILES string of the molecule is Cc1nc(CN2CCN(C(=O)C3CCCN(C(=O)Nc4ccccc4)C3)CC2)n[nH]1. The summed E-state index contributed by atoms with van der Waals surface area (Å²) >= 11 is 0. The van der Waals surface area contributed by atoms with E-state index in [4.69, 9.17) is 0 Å². The first-order chi connectivity index (χ1) is 14.6. The Morgan fingerprint density at radius 1 is 1.10 bits per heavy atom. The number of para-hydroxylation sites is 1. The van der Waals surface area contributed by atoms with E-state index >= 15 is 0 Å². The monoisotopic (exact) mass is 411 g/mol. The second-order valence-corrected chi connectivity index (χ2v) is 8.02. The molecular weight excluding hydrogens is 382 g/mol. The Balaban J connectivity index is 1.26. The van der Waals surface area contributed by atoms with Crippen LogP contribution >= 0.6 is 0 Å². The Hall–Kier alpha value is -2.94. The highest BCUT2D eigenvalue weighted by Gasteiger charge is 2.32. The third kappa shape index (κ3) is 4.96. The van der Waals surface area contributed by atoms with E-state index in [0.29, 0.717) is 32.7 Å². The highest BCUT2D eigenvalue weighted by atomic mass is 16.2. The number of hydrogen-bond acceptors (Lipinski definition) is 5. The van der Waals surface area contributed by atoms with Crippen LogP contribution in [0.25, 0.3) is 0 Å². The van der Waals surface area contributed by atoms with Crippen LogP contribution in [0, 0.1) is 12.8 Å². The summed E-state index contributed by atoms with van der Waals surface area (Å²) < 4.78 is 0. The first-order valence-corrected chi connectivity index (χ1v) is 10.6. The van der Waals surface area contributed by atoms with Crippen LogP contribution in [0.5, 0.6) is 0 Å². The minimum atomic E-state index is -0.134. The molecule has 2 aromatic rings. The van der Waals surface area contributed by atoms with Crippen molar-refractivity contribution in [1.29, 1.82) is 0 Å². The molecule has 2 aliphatic heterocycles. The molecule has 0 saturated carbocycles. The third-order valence-electron chi connectivity index (χ3n) is 5.78. The van der Waals surface area contributed by atoms with Crippen molar-refractivity contribution in [3.8, 4) is 0 Å². The number of likely N-dealkylation sites (tertiary alicyclic amines) is 1. The lowest BCUT2D eigenvalue weighted by molar-refractivity contribution is -0.138. The summed E-state index contributed by atoms with van der Waals surface area (Å²) in [6.45, 7) is 6.78. The molecule has 4 rings (SSSR count). The molecule has 3 heterocycles. The Labute approximate surface area is 176 Å². The summed E-state index contributed by atoms with van der Waals surface area (Å²) in [6, 6.07) is 9.29. The molecule has 9 nitrogen and oxygen atoms in total. The molecule has 1 unspecified atom stereocenters. The van der Waals surface area contributed by atoms with Crippen LogP contribution in [0.15, 0.2) is 30.3 Å². The number of aryl methyl sites for hydroxylation is 1. The van der Waals surface area contributed by atoms with Gasteiger partial charge in [0.25, 0.3) is 0 Å². The van der Waals surface area contributed by atoms with E-state index in [1.807, 2.05) is 42.2 Å². The smallest absolute Gasteiger partial charge is 0.321 e. The highest BCUT2D eigenvalue weighted by molar-refractivity contribution is 5.90. The number of piperidine rings is 1. The number of amides is 3. The predicted molar refractivity (Wildman–Crippen MR) is 113 cm³/mol. The van der Waals surface area contributed by atoms with Gasteiger partial charge >= 0.3 is 6.03 Å². The van der Waals surface area contributed by atoms with Crippen molar-refractivity contribution < 1.29 is 9.59 Å². The Bertz CT molecular complexity index is 861. The second kappa shape index (κ2) is 9.25. The van der Waals surface area contributed by atoms with Crippen LogP contribution in [0.2, 0.25) is 0 Å². The van der Waals surface area contributed by atoms with Crippen LogP contribution in [0.1, 0.15) is 24.5 Å². The molecule has 2 N–H and O–H groups in total. The standard InChI is InChI=1S/C21H29N7O2/c1-16-22-19(25-24-16)15-26-10-12-27(13-11-26)20(29)17-6-5-9-28(14-17)21(30)23-18-7-3-2-4-8-18/h2-4,7-8,17H,5-6,9-15H2,1H3,(H,23,30)(H,22,24,25). The molecule has 2 fully saturated rings. The number of rotatable bonds is 4. The Morgan fingerprint density at radius 3 is 2.57 bits per heavy atom. The molecule has 160 valence electrons. The molecular formula is C21H29N7O2. The number of carbonyl (C=O) groups excluding carboxylic acids is 2. The predicted octanol–water partition coefficient (Wildman–Crippen LogP) is 1.70. The largest absolute Gasteiger partial charge is 0.340 e. The molecule has 9 heteroatoms. The van der Waals surface area contributed by atoms with Gasteiger partial charge in [-0.15, -0.1) is 0 Å². The summed E-state index contributed by atoms with van der Waals surface area (Å²) in [6.07, 6.45) is 1.69. The molecule has 0 aliphatic carbocycles. The van der Waals surface area contributed by atoms with Crippen molar-refractivity contribution >= 4 is 17.6 Å². The number of hydrogen-bond donors (Lipinski definition) is 2. The quantitative estimate of drug-likeness (QED) is 0.798. The van der Waals surface area contributed by atoms with Crippen molar-refractivity contribution in [2.24, 2.45) is 5.92 Å². The number of nitrogens with zero attached hydrogens (tertiary/aromatic N) is 5. The molecule has 0 spiro atoms. The average molecular weight is 412 g/mol. The molecule has 1 atom stereocenters. The van der Waals surface area contributed by atoms with E-state index in [2.05, 4.69) is 25.4 Å². The molecule has 30 heavy (non-hydrogen) atoms. The van der Waals surface area contributed by atoms with Crippen LogP contribution in [-0.2, 0) is 11.3 Å². The number of anilines is 1. The Morgan fingerprint density at radius 2 is 1.87 bits per heavy atom. The first kappa shape index (κ1) is 20.3. The van der Waals surface area contributed by atoms with Gasteiger partial charge < -0.3 is 15.1 Å². The summed E-state index contributed by atoms with van der Waals surface area (Å²) in [4.78, 5) is 36.0. The van der Waals surface area contributed by atoms with Gasteiger partial charge in [-0.2, -0.15) is 5.10 Å². The fraction of sp³-hybridized carbons (Fsp3) is 0.524. The maximum absolute atomic E-state index is 13.1. The van der Waals surface area contributed by atoms with Gasteiger partial charge in [-0.3, -0.25) is 14.8 Å². The topological polar surface area (TPSA) is 97.5 Å². The van der Waals surface area contributed by atoms with Crippen LogP contribution in [0.4, 0.5) is 10.5 Å². The van der Waals surface area contributed by atoms with Gasteiger partial charge in [0.2, 0.25) is 5.91 Å². The number of H-pyrrole nitrogens is 1. The van der Waals surface area contributed by atoms with Crippen molar-refractivity contribution in [1.82, 2.24) is 29.9 Å². The number of urea groups is 1. The lowest BCUT2D eigenvalue weighted by Crippen LogP contribution is -2.53. The third-order valence-corrected chi connectivity index (χ3v) is 5.78. The summed E-state index contributed by atoms with van der Waals surface area (Å²) in [5, 5.41) is 9.98. The normalized spacial score (nSPS) is 20.2. The minimum absolute atomic E-state index is 0.123.